The van der Waals surface area contributed by atoms with E-state index in [1.54, 1.807) is 5.56 Å². The summed E-state index contributed by atoms with van der Waals surface area (Å²) in [5.41, 5.74) is 6.52. The van der Waals surface area contributed by atoms with Crippen molar-refractivity contribution in [2.24, 2.45) is 0 Å². The van der Waals surface area contributed by atoms with Crippen molar-refractivity contribution in [1.29, 1.82) is 0 Å². The Balaban J connectivity index is 3.74. The second-order valence-electron chi connectivity index (χ2n) is 8.84. The van der Waals surface area contributed by atoms with Crippen LogP contribution in [0.5, 0.6) is 0 Å². The lowest BCUT2D eigenvalue weighted by atomic mass is 9.72. The smallest absolute Gasteiger partial charge is 0.0126 e. The third-order valence-corrected chi connectivity index (χ3v) is 4.06. The highest BCUT2D eigenvalue weighted by Gasteiger charge is 2.27. The highest BCUT2D eigenvalue weighted by Crippen LogP contribution is 2.39. The van der Waals surface area contributed by atoms with E-state index in [9.17, 15) is 0 Å². The van der Waals surface area contributed by atoms with Crippen LogP contribution in [0.3, 0.4) is 0 Å². The fraction of sp³-hybridized carbons (Fsp3) is 0.700. The molecule has 0 aromatic heterocycles. The molecule has 0 radical (unpaired) electrons. The zero-order valence-electron chi connectivity index (χ0n) is 15.3. The average Bonchev–Trinajstić information content (AvgIpc) is 2.24. The minimum atomic E-state index is 0.204. The van der Waals surface area contributed by atoms with E-state index >= 15 is 0 Å². The van der Waals surface area contributed by atoms with Gasteiger partial charge in [0.15, 0.2) is 0 Å². The predicted octanol–water partition coefficient (Wildman–Crippen LogP) is 6.53. The molecule has 0 saturated carbocycles. The Hall–Kier alpha value is -0.780. The molecule has 0 heterocycles. The number of hydrogen-bond acceptors (Lipinski definition) is 0. The summed E-state index contributed by atoms with van der Waals surface area (Å²) >= 11 is 0. The standard InChI is InChI=1S/C20H34/c1-13(2)16-11-15(19(5,6)7)12-17(14(3)4)18(16)20(8,9)10/h11-14H,1-10H3. The third-order valence-electron chi connectivity index (χ3n) is 4.06. The van der Waals surface area contributed by atoms with Gasteiger partial charge < -0.3 is 0 Å². The number of rotatable bonds is 2. The minimum absolute atomic E-state index is 0.204. The molecule has 1 aromatic rings. The average molecular weight is 274 g/mol. The molecule has 1 aromatic carbocycles. The van der Waals surface area contributed by atoms with Gasteiger partial charge in [0.2, 0.25) is 0 Å². The first-order valence-corrected chi connectivity index (χ1v) is 8.04. The van der Waals surface area contributed by atoms with E-state index in [1.807, 2.05) is 0 Å². The lowest BCUT2D eigenvalue weighted by Crippen LogP contribution is -2.21. The third kappa shape index (κ3) is 3.65. The van der Waals surface area contributed by atoms with Crippen molar-refractivity contribution in [3.05, 3.63) is 34.4 Å². The van der Waals surface area contributed by atoms with Crippen LogP contribution in [0.1, 0.15) is 103 Å². The van der Waals surface area contributed by atoms with Gasteiger partial charge in [-0.2, -0.15) is 0 Å². The molecular formula is C20H34. The second-order valence-corrected chi connectivity index (χ2v) is 8.84. The normalized spacial score (nSPS) is 13.4. The van der Waals surface area contributed by atoms with E-state index in [2.05, 4.69) is 81.4 Å². The zero-order chi connectivity index (χ0) is 15.9. The molecule has 0 aliphatic carbocycles. The monoisotopic (exact) mass is 274 g/mol. The molecule has 0 N–H and O–H groups in total. The van der Waals surface area contributed by atoms with E-state index in [-0.39, 0.29) is 10.8 Å². The van der Waals surface area contributed by atoms with Gasteiger partial charge in [-0.15, -0.1) is 0 Å². The van der Waals surface area contributed by atoms with Gasteiger partial charge in [0.25, 0.3) is 0 Å². The zero-order valence-corrected chi connectivity index (χ0v) is 15.3. The van der Waals surface area contributed by atoms with Crippen LogP contribution in [0.25, 0.3) is 0 Å². The fourth-order valence-corrected chi connectivity index (χ4v) is 2.90. The Kier molecular flexibility index (Phi) is 4.79. The summed E-state index contributed by atoms with van der Waals surface area (Å²) in [6.45, 7) is 23.3. The first-order chi connectivity index (χ1) is 8.85. The van der Waals surface area contributed by atoms with Crippen LogP contribution < -0.4 is 0 Å². The van der Waals surface area contributed by atoms with Crippen LogP contribution in [0.2, 0.25) is 0 Å². The van der Waals surface area contributed by atoms with Crippen molar-refractivity contribution in [3.8, 4) is 0 Å². The Morgan fingerprint density at radius 2 is 1.00 bits per heavy atom. The largest absolute Gasteiger partial charge is 0.0587 e. The number of hydrogen-bond donors (Lipinski definition) is 0. The van der Waals surface area contributed by atoms with Crippen LogP contribution in [-0.4, -0.2) is 0 Å². The molecule has 0 unspecified atom stereocenters. The molecule has 0 atom stereocenters. The molecule has 0 amide bonds. The summed E-state index contributed by atoms with van der Waals surface area (Å²) in [6, 6.07) is 4.91. The van der Waals surface area contributed by atoms with Gasteiger partial charge in [0.05, 0.1) is 0 Å². The highest BCUT2D eigenvalue weighted by atomic mass is 14.3. The maximum absolute atomic E-state index is 2.46. The summed E-state index contributed by atoms with van der Waals surface area (Å²) in [5, 5.41) is 0. The van der Waals surface area contributed by atoms with Gasteiger partial charge in [-0.1, -0.05) is 81.4 Å². The van der Waals surface area contributed by atoms with E-state index in [4.69, 9.17) is 0 Å². The summed E-state index contributed by atoms with van der Waals surface area (Å²) in [4.78, 5) is 0. The Labute approximate surface area is 127 Å². The second kappa shape index (κ2) is 5.54. The topological polar surface area (TPSA) is 0 Å². The molecule has 0 aliphatic heterocycles. The Bertz CT molecular complexity index is 433. The summed E-state index contributed by atoms with van der Waals surface area (Å²) in [5.74, 6) is 1.15. The molecule has 0 bridgehead atoms. The van der Waals surface area contributed by atoms with Crippen molar-refractivity contribution in [2.45, 2.75) is 91.9 Å². The van der Waals surface area contributed by atoms with Gasteiger partial charge in [0, 0.05) is 0 Å². The first kappa shape index (κ1) is 17.3. The molecule has 114 valence electrons. The summed E-state index contributed by atoms with van der Waals surface area (Å²) < 4.78 is 0. The van der Waals surface area contributed by atoms with E-state index in [0.717, 1.165) is 0 Å². The molecule has 0 saturated heterocycles. The minimum Gasteiger partial charge on any atom is -0.0587 e. The van der Waals surface area contributed by atoms with E-state index < -0.39 is 0 Å². The van der Waals surface area contributed by atoms with Crippen molar-refractivity contribution in [1.82, 2.24) is 0 Å². The van der Waals surface area contributed by atoms with Crippen LogP contribution >= 0.6 is 0 Å². The van der Waals surface area contributed by atoms with Gasteiger partial charge in [0.1, 0.15) is 0 Å². The maximum Gasteiger partial charge on any atom is -0.0126 e. The highest BCUT2D eigenvalue weighted by molar-refractivity contribution is 5.47. The van der Waals surface area contributed by atoms with Crippen LogP contribution in [0.15, 0.2) is 12.1 Å². The van der Waals surface area contributed by atoms with Crippen LogP contribution in [0, 0.1) is 0 Å². The van der Waals surface area contributed by atoms with Crippen molar-refractivity contribution < 1.29 is 0 Å². The molecular weight excluding hydrogens is 240 g/mol. The van der Waals surface area contributed by atoms with Crippen LogP contribution in [0.4, 0.5) is 0 Å². The van der Waals surface area contributed by atoms with Gasteiger partial charge in [-0.05, 0) is 44.9 Å². The molecule has 0 heteroatoms. The number of benzene rings is 1. The summed E-state index contributed by atoms with van der Waals surface area (Å²) in [7, 11) is 0. The van der Waals surface area contributed by atoms with Gasteiger partial charge in [-0.25, -0.2) is 0 Å². The Morgan fingerprint density at radius 3 is 1.20 bits per heavy atom. The first-order valence-electron chi connectivity index (χ1n) is 8.04. The SMILES string of the molecule is CC(C)c1cc(C(C)(C)C)cc(C(C)C)c1C(C)(C)C. The lowest BCUT2D eigenvalue weighted by molar-refractivity contribution is 0.552. The molecule has 0 spiro atoms. The Morgan fingerprint density at radius 1 is 0.650 bits per heavy atom. The maximum atomic E-state index is 2.46. The molecule has 20 heavy (non-hydrogen) atoms. The van der Waals surface area contributed by atoms with Gasteiger partial charge >= 0.3 is 0 Å². The molecule has 0 nitrogen and oxygen atoms in total. The van der Waals surface area contributed by atoms with E-state index in [0.29, 0.717) is 11.8 Å². The molecule has 1 rings (SSSR count). The van der Waals surface area contributed by atoms with Crippen molar-refractivity contribution >= 4 is 0 Å². The molecule has 0 fully saturated rings. The summed E-state index contributed by atoms with van der Waals surface area (Å²) in [6.07, 6.45) is 0. The van der Waals surface area contributed by atoms with Crippen LogP contribution in [-0.2, 0) is 10.8 Å². The quantitative estimate of drug-likeness (QED) is 0.575. The lowest BCUT2D eigenvalue weighted by Gasteiger charge is -2.32. The van der Waals surface area contributed by atoms with Crippen molar-refractivity contribution in [2.75, 3.05) is 0 Å². The van der Waals surface area contributed by atoms with Gasteiger partial charge in [-0.3, -0.25) is 0 Å². The fourth-order valence-electron chi connectivity index (χ4n) is 2.90. The predicted molar refractivity (Wildman–Crippen MR) is 92.0 cm³/mol. The van der Waals surface area contributed by atoms with E-state index in [1.165, 1.54) is 16.7 Å². The molecule has 0 aliphatic rings. The van der Waals surface area contributed by atoms with Crippen molar-refractivity contribution in [3.63, 3.8) is 0 Å².